The lowest BCUT2D eigenvalue weighted by Gasteiger charge is -1.97. The smallest absolute Gasteiger partial charge is 0.243 e. The summed E-state index contributed by atoms with van der Waals surface area (Å²) < 4.78 is 4.81. The van der Waals surface area contributed by atoms with Gasteiger partial charge in [-0.2, -0.15) is 0 Å². The topological polar surface area (TPSA) is 90.7 Å². The third-order valence-electron chi connectivity index (χ3n) is 0.841. The summed E-state index contributed by atoms with van der Waals surface area (Å²) in [5, 5.41) is 0. The molecule has 0 unspecified atom stereocenters. The summed E-state index contributed by atoms with van der Waals surface area (Å²) in [6, 6.07) is 0. The van der Waals surface area contributed by atoms with Crippen molar-refractivity contribution in [3.63, 3.8) is 0 Å². The molecular weight excluding hydrogens is 146 g/mol. The van der Waals surface area contributed by atoms with Crippen molar-refractivity contribution in [3.05, 3.63) is 0 Å². The van der Waals surface area contributed by atoms with Crippen molar-refractivity contribution in [1.82, 2.24) is 0 Å². The van der Waals surface area contributed by atoms with Crippen LogP contribution in [0.1, 0.15) is 6.92 Å². The predicted molar refractivity (Wildman–Crippen MR) is 42.2 cm³/mol. The molecule has 0 aromatic rings. The van der Waals surface area contributed by atoms with Crippen molar-refractivity contribution in [1.29, 1.82) is 0 Å². The molecule has 0 saturated carbocycles. The van der Waals surface area contributed by atoms with E-state index >= 15 is 0 Å². The molecule has 5 nitrogen and oxygen atoms in total. The van der Waals surface area contributed by atoms with E-state index in [0.29, 0.717) is 19.0 Å². The fraction of sp³-hybridized carbons (Fsp3) is 0.667. The van der Waals surface area contributed by atoms with E-state index in [4.69, 9.17) is 16.2 Å². The van der Waals surface area contributed by atoms with E-state index in [0.717, 1.165) is 0 Å². The molecule has 5 heteroatoms. The van der Waals surface area contributed by atoms with Crippen LogP contribution in [-0.4, -0.2) is 31.5 Å². The first kappa shape index (κ1) is 9.90. The molecule has 0 atom stereocenters. The van der Waals surface area contributed by atoms with Crippen LogP contribution in [0.25, 0.3) is 0 Å². The second-order valence-corrected chi connectivity index (χ2v) is 2.04. The van der Waals surface area contributed by atoms with Crippen molar-refractivity contribution < 1.29 is 9.53 Å². The van der Waals surface area contributed by atoms with Crippen molar-refractivity contribution >= 4 is 11.7 Å². The number of carbonyl (C=O) groups is 1. The molecule has 0 bridgehead atoms. The highest BCUT2D eigenvalue weighted by molar-refractivity contribution is 5.77. The molecule has 0 rings (SSSR count). The molecular formula is C6H13N3O2. The van der Waals surface area contributed by atoms with Crippen LogP contribution in [0, 0.1) is 0 Å². The Bertz CT molecular complexity index is 152. The number of primary amides is 1. The van der Waals surface area contributed by atoms with E-state index in [2.05, 4.69) is 4.99 Å². The molecule has 0 saturated heterocycles. The molecule has 1 amide bonds. The Morgan fingerprint density at radius 1 is 1.55 bits per heavy atom. The number of carbonyl (C=O) groups excluding carboxylic acids is 1. The van der Waals surface area contributed by atoms with E-state index in [1.807, 2.05) is 0 Å². The number of amidine groups is 1. The van der Waals surface area contributed by atoms with Crippen LogP contribution >= 0.6 is 0 Å². The van der Waals surface area contributed by atoms with Crippen LogP contribution in [0.5, 0.6) is 0 Å². The highest BCUT2D eigenvalue weighted by Crippen LogP contribution is 1.76. The number of aliphatic imine (C=N–C) groups is 1. The highest BCUT2D eigenvalue weighted by Gasteiger charge is 1.91. The Hall–Kier alpha value is -1.10. The molecule has 0 aliphatic carbocycles. The van der Waals surface area contributed by atoms with Gasteiger partial charge in [0.25, 0.3) is 0 Å². The standard InChI is InChI=1S/C6H13N3O2/c1-5(7)9-2-3-11-4-6(8)10/h2-4H2,1H3,(H2,7,9)(H2,8,10). The van der Waals surface area contributed by atoms with E-state index < -0.39 is 5.91 Å². The van der Waals surface area contributed by atoms with E-state index in [-0.39, 0.29) is 6.61 Å². The number of hydrogen-bond donors (Lipinski definition) is 2. The summed E-state index contributed by atoms with van der Waals surface area (Å²) in [7, 11) is 0. The van der Waals surface area contributed by atoms with Gasteiger partial charge in [0.05, 0.1) is 19.0 Å². The number of nitrogens with two attached hydrogens (primary N) is 2. The monoisotopic (exact) mass is 159 g/mol. The molecule has 0 fully saturated rings. The van der Waals surface area contributed by atoms with Gasteiger partial charge in [0, 0.05) is 0 Å². The zero-order chi connectivity index (χ0) is 8.69. The average Bonchev–Trinajstić information content (AvgIpc) is 1.85. The minimum absolute atomic E-state index is 0.0564. The quantitative estimate of drug-likeness (QED) is 0.302. The Labute approximate surface area is 65.4 Å². The van der Waals surface area contributed by atoms with Gasteiger partial charge < -0.3 is 16.2 Å². The van der Waals surface area contributed by atoms with Crippen LogP contribution in [0.4, 0.5) is 0 Å². The van der Waals surface area contributed by atoms with Crippen molar-refractivity contribution in [2.45, 2.75) is 6.92 Å². The molecule has 64 valence electrons. The third kappa shape index (κ3) is 8.90. The maximum atomic E-state index is 10.1. The Morgan fingerprint density at radius 3 is 2.64 bits per heavy atom. The van der Waals surface area contributed by atoms with Crippen molar-refractivity contribution in [2.24, 2.45) is 16.5 Å². The zero-order valence-electron chi connectivity index (χ0n) is 6.54. The summed E-state index contributed by atoms with van der Waals surface area (Å²) in [6.45, 7) is 2.47. The molecule has 0 heterocycles. The Balaban J connectivity index is 3.15. The van der Waals surface area contributed by atoms with Gasteiger partial charge in [0.15, 0.2) is 0 Å². The molecule has 11 heavy (non-hydrogen) atoms. The van der Waals surface area contributed by atoms with Gasteiger partial charge >= 0.3 is 0 Å². The second kappa shape index (κ2) is 5.67. The minimum Gasteiger partial charge on any atom is -0.388 e. The van der Waals surface area contributed by atoms with Gasteiger partial charge in [-0.3, -0.25) is 9.79 Å². The van der Waals surface area contributed by atoms with Crippen LogP contribution in [0.3, 0.4) is 0 Å². The van der Waals surface area contributed by atoms with Crippen LogP contribution in [0.2, 0.25) is 0 Å². The lowest BCUT2D eigenvalue weighted by atomic mass is 10.6. The first-order valence-corrected chi connectivity index (χ1v) is 3.25. The average molecular weight is 159 g/mol. The van der Waals surface area contributed by atoms with Gasteiger partial charge in [-0.15, -0.1) is 0 Å². The van der Waals surface area contributed by atoms with E-state index in [1.165, 1.54) is 0 Å². The molecule has 0 aliphatic heterocycles. The largest absolute Gasteiger partial charge is 0.388 e. The maximum absolute atomic E-state index is 10.1. The molecule has 0 aromatic heterocycles. The number of amides is 1. The lowest BCUT2D eigenvalue weighted by molar-refractivity contribution is -0.122. The predicted octanol–water partition coefficient (Wildman–Crippen LogP) is -1.13. The normalized spacial score (nSPS) is 11.5. The Morgan fingerprint density at radius 2 is 2.18 bits per heavy atom. The van der Waals surface area contributed by atoms with Crippen molar-refractivity contribution in [2.75, 3.05) is 19.8 Å². The maximum Gasteiger partial charge on any atom is 0.243 e. The zero-order valence-corrected chi connectivity index (χ0v) is 6.54. The number of ether oxygens (including phenoxy) is 1. The number of rotatable bonds is 5. The van der Waals surface area contributed by atoms with Gasteiger partial charge in [-0.25, -0.2) is 0 Å². The number of hydrogen-bond acceptors (Lipinski definition) is 3. The van der Waals surface area contributed by atoms with Crippen LogP contribution in [-0.2, 0) is 9.53 Å². The Kier molecular flexibility index (Phi) is 5.10. The fourth-order valence-corrected chi connectivity index (χ4v) is 0.459. The first-order valence-electron chi connectivity index (χ1n) is 3.25. The van der Waals surface area contributed by atoms with E-state index in [9.17, 15) is 4.79 Å². The van der Waals surface area contributed by atoms with Gasteiger partial charge in [0.1, 0.15) is 6.61 Å². The third-order valence-corrected chi connectivity index (χ3v) is 0.841. The number of nitrogens with zero attached hydrogens (tertiary/aromatic N) is 1. The lowest BCUT2D eigenvalue weighted by Crippen LogP contribution is -2.19. The van der Waals surface area contributed by atoms with Gasteiger partial charge in [-0.05, 0) is 6.92 Å². The summed E-state index contributed by atoms with van der Waals surface area (Å²) in [5.41, 5.74) is 10.0. The van der Waals surface area contributed by atoms with Crippen molar-refractivity contribution in [3.8, 4) is 0 Å². The highest BCUT2D eigenvalue weighted by atomic mass is 16.5. The van der Waals surface area contributed by atoms with Gasteiger partial charge in [0.2, 0.25) is 5.91 Å². The molecule has 0 aromatic carbocycles. The summed E-state index contributed by atoms with van der Waals surface area (Å²) in [4.78, 5) is 14.0. The van der Waals surface area contributed by atoms with Crippen LogP contribution < -0.4 is 11.5 Å². The van der Waals surface area contributed by atoms with Crippen LogP contribution in [0.15, 0.2) is 4.99 Å². The summed E-state index contributed by atoms with van der Waals surface area (Å²) >= 11 is 0. The summed E-state index contributed by atoms with van der Waals surface area (Å²) in [5.74, 6) is 0.0334. The van der Waals surface area contributed by atoms with Gasteiger partial charge in [-0.1, -0.05) is 0 Å². The molecule has 4 N–H and O–H groups in total. The first-order chi connectivity index (χ1) is 5.13. The SMILES string of the molecule is CC(N)=NCCOCC(N)=O. The molecule has 0 spiro atoms. The minimum atomic E-state index is -0.474. The van der Waals surface area contributed by atoms with E-state index in [1.54, 1.807) is 6.92 Å². The fourth-order valence-electron chi connectivity index (χ4n) is 0.459. The second-order valence-electron chi connectivity index (χ2n) is 2.04. The summed E-state index contributed by atoms with van der Waals surface area (Å²) in [6.07, 6.45) is 0. The molecule has 0 aliphatic rings. The molecule has 0 radical (unpaired) electrons.